The standard InChI is InChI=1S/C42H48N4O10S/c1-24(47)26-13-11-25(12-14-26)21-32(36(50)54-40(2,3)4)44-34(48)31-23-57-33-22-29(19-20-30(31)33)53-35(49)27-15-17-28(18-16-27)43-37(45-38(51)55-41(5,6)7)46-39(52)56-42(8,9)10/h11-20,22-23,32H,21H2,1-10H3,(H,44,48)(H2,43,45,46,51,52)/t32-/m0/s1. The van der Waals surface area contributed by atoms with Crippen LogP contribution in [-0.4, -0.2) is 64.6 Å². The molecule has 1 aromatic heterocycles. The Balaban J connectivity index is 1.47. The largest absolute Gasteiger partial charge is 0.458 e. The molecule has 3 N–H and O–H groups in total. The molecule has 1 heterocycles. The normalized spacial score (nSPS) is 12.1. The van der Waals surface area contributed by atoms with E-state index in [-0.39, 0.29) is 35.2 Å². The summed E-state index contributed by atoms with van der Waals surface area (Å²) < 4.78 is 22.4. The van der Waals surface area contributed by atoms with Crippen LogP contribution in [0.5, 0.6) is 5.75 Å². The van der Waals surface area contributed by atoms with E-state index in [4.69, 9.17) is 18.9 Å². The highest BCUT2D eigenvalue weighted by Gasteiger charge is 2.29. The van der Waals surface area contributed by atoms with E-state index in [9.17, 15) is 28.8 Å². The van der Waals surface area contributed by atoms with Crippen LogP contribution in [0.3, 0.4) is 0 Å². The molecule has 0 spiro atoms. The molecule has 0 aliphatic carbocycles. The number of benzene rings is 3. The summed E-state index contributed by atoms with van der Waals surface area (Å²) >= 11 is 1.26. The fraction of sp³-hybridized carbons (Fsp3) is 0.357. The molecule has 57 heavy (non-hydrogen) atoms. The van der Waals surface area contributed by atoms with Crippen LogP contribution in [0, 0.1) is 0 Å². The maximum absolute atomic E-state index is 13.6. The van der Waals surface area contributed by atoms with Crippen LogP contribution in [0.1, 0.15) is 106 Å². The molecule has 1 atom stereocenters. The van der Waals surface area contributed by atoms with Gasteiger partial charge in [-0.3, -0.25) is 20.2 Å². The van der Waals surface area contributed by atoms with Crippen LogP contribution in [0.2, 0.25) is 0 Å². The van der Waals surface area contributed by atoms with Crippen molar-refractivity contribution in [2.24, 2.45) is 4.99 Å². The number of rotatable bonds is 9. The molecule has 0 bridgehead atoms. The Kier molecular flexibility index (Phi) is 13.6. The van der Waals surface area contributed by atoms with Crippen LogP contribution >= 0.6 is 11.3 Å². The highest BCUT2D eigenvalue weighted by atomic mass is 32.1. The second-order valence-electron chi connectivity index (χ2n) is 16.0. The lowest BCUT2D eigenvalue weighted by Gasteiger charge is -2.24. The molecule has 15 heteroatoms. The number of alkyl carbamates (subject to hydrolysis) is 2. The zero-order chi connectivity index (χ0) is 42.3. The first-order valence-electron chi connectivity index (χ1n) is 18.0. The number of carbonyl (C=O) groups excluding carboxylic acids is 6. The third-order valence-electron chi connectivity index (χ3n) is 7.38. The summed E-state index contributed by atoms with van der Waals surface area (Å²) in [6, 6.07) is 16.5. The number of esters is 2. The molecule has 0 unspecified atom stereocenters. The lowest BCUT2D eigenvalue weighted by Crippen LogP contribution is -2.47. The van der Waals surface area contributed by atoms with Gasteiger partial charge in [0.1, 0.15) is 28.6 Å². The molecule has 3 amide bonds. The molecule has 0 saturated carbocycles. The van der Waals surface area contributed by atoms with Gasteiger partial charge in [-0.15, -0.1) is 11.3 Å². The summed E-state index contributed by atoms with van der Waals surface area (Å²) in [6.07, 6.45) is -1.57. The fourth-order valence-corrected chi connectivity index (χ4v) is 5.98. The van der Waals surface area contributed by atoms with Crippen molar-refractivity contribution < 1.29 is 47.7 Å². The van der Waals surface area contributed by atoms with Crippen LogP contribution in [0.25, 0.3) is 10.1 Å². The average Bonchev–Trinajstić information content (AvgIpc) is 3.49. The Labute approximate surface area is 335 Å². The van der Waals surface area contributed by atoms with E-state index in [1.165, 1.54) is 42.5 Å². The van der Waals surface area contributed by atoms with Gasteiger partial charge in [0, 0.05) is 27.5 Å². The maximum atomic E-state index is 13.6. The third kappa shape index (κ3) is 13.9. The molecule has 14 nitrogen and oxygen atoms in total. The van der Waals surface area contributed by atoms with E-state index in [2.05, 4.69) is 20.9 Å². The van der Waals surface area contributed by atoms with Crippen LogP contribution in [0.4, 0.5) is 15.3 Å². The summed E-state index contributed by atoms with van der Waals surface area (Å²) in [6.45, 7) is 16.8. The molecule has 0 saturated heterocycles. The molecule has 4 aromatic rings. The molecule has 302 valence electrons. The van der Waals surface area contributed by atoms with Crippen molar-refractivity contribution in [1.82, 2.24) is 16.0 Å². The monoisotopic (exact) mass is 800 g/mol. The van der Waals surface area contributed by atoms with Crippen molar-refractivity contribution >= 4 is 68.9 Å². The third-order valence-corrected chi connectivity index (χ3v) is 8.33. The van der Waals surface area contributed by atoms with Crippen molar-refractivity contribution in [3.8, 4) is 5.75 Å². The molecular formula is C42H48N4O10S. The van der Waals surface area contributed by atoms with Gasteiger partial charge >= 0.3 is 24.1 Å². The second kappa shape index (κ2) is 17.8. The van der Waals surface area contributed by atoms with Crippen molar-refractivity contribution in [1.29, 1.82) is 0 Å². The topological polar surface area (TPSA) is 188 Å². The van der Waals surface area contributed by atoms with Crippen molar-refractivity contribution in [2.45, 2.75) is 98.5 Å². The first-order chi connectivity index (χ1) is 26.4. The first-order valence-corrected chi connectivity index (χ1v) is 18.9. The number of guanidine groups is 1. The number of Topliss-reactive ketones (excluding diaryl/α,β-unsaturated/α-hetero) is 1. The summed E-state index contributed by atoms with van der Waals surface area (Å²) in [5.74, 6) is -1.87. The van der Waals surface area contributed by atoms with Crippen LogP contribution in [-0.2, 0) is 25.4 Å². The number of hydrogen-bond acceptors (Lipinski definition) is 12. The fourth-order valence-electron chi connectivity index (χ4n) is 5.02. The van der Waals surface area contributed by atoms with Gasteiger partial charge in [-0.25, -0.2) is 24.2 Å². The number of ether oxygens (including phenoxy) is 4. The smallest absolute Gasteiger partial charge is 0.414 e. The molecule has 3 aromatic carbocycles. The van der Waals surface area contributed by atoms with Crippen molar-refractivity contribution in [3.63, 3.8) is 0 Å². The number of hydrogen-bond donors (Lipinski definition) is 3. The summed E-state index contributed by atoms with van der Waals surface area (Å²) in [7, 11) is 0. The Morgan fingerprint density at radius 1 is 0.702 bits per heavy atom. The van der Waals surface area contributed by atoms with Crippen LogP contribution < -0.4 is 20.7 Å². The number of nitrogens with one attached hydrogen (secondary N) is 3. The number of ketones is 1. The Morgan fingerprint density at radius 3 is 1.77 bits per heavy atom. The van der Waals surface area contributed by atoms with Gasteiger partial charge in [0.2, 0.25) is 5.96 Å². The second-order valence-corrected chi connectivity index (χ2v) is 16.9. The van der Waals surface area contributed by atoms with E-state index in [1.807, 2.05) is 0 Å². The molecular weight excluding hydrogens is 753 g/mol. The lowest BCUT2D eigenvalue weighted by atomic mass is 10.0. The van der Waals surface area contributed by atoms with E-state index >= 15 is 0 Å². The molecule has 0 fully saturated rings. The summed E-state index contributed by atoms with van der Waals surface area (Å²) in [5.41, 5.74) is -0.358. The zero-order valence-corrected chi connectivity index (χ0v) is 34.5. The van der Waals surface area contributed by atoms with Gasteiger partial charge in [-0.1, -0.05) is 24.3 Å². The Hall–Kier alpha value is -6.09. The van der Waals surface area contributed by atoms with E-state index < -0.39 is 52.9 Å². The first kappa shape index (κ1) is 43.6. The Bertz CT molecular complexity index is 2140. The highest BCUT2D eigenvalue weighted by Crippen LogP contribution is 2.30. The highest BCUT2D eigenvalue weighted by molar-refractivity contribution is 7.17. The number of aliphatic imine (C=N–C) groups is 1. The zero-order valence-electron chi connectivity index (χ0n) is 33.7. The minimum Gasteiger partial charge on any atom is -0.458 e. The number of carbonyl (C=O) groups is 6. The average molecular weight is 801 g/mol. The number of fused-ring (bicyclic) bond motifs is 1. The summed E-state index contributed by atoms with van der Waals surface area (Å²) in [4.78, 5) is 80.8. The number of nitrogens with zero attached hydrogens (tertiary/aromatic N) is 1. The number of thiophene rings is 1. The van der Waals surface area contributed by atoms with Crippen molar-refractivity contribution in [3.05, 3.63) is 94.4 Å². The van der Waals surface area contributed by atoms with Gasteiger partial charge in [-0.2, -0.15) is 0 Å². The van der Waals surface area contributed by atoms with Gasteiger partial charge in [0.05, 0.1) is 16.8 Å². The Morgan fingerprint density at radius 2 is 1.25 bits per heavy atom. The summed E-state index contributed by atoms with van der Waals surface area (Å²) in [5, 5.41) is 9.86. The van der Waals surface area contributed by atoms with Gasteiger partial charge < -0.3 is 24.3 Å². The van der Waals surface area contributed by atoms with E-state index in [1.54, 1.807) is 110 Å². The maximum Gasteiger partial charge on any atom is 0.414 e. The molecule has 4 rings (SSSR count). The van der Waals surface area contributed by atoms with Gasteiger partial charge in [0.15, 0.2) is 5.78 Å². The van der Waals surface area contributed by atoms with Gasteiger partial charge in [0.25, 0.3) is 5.91 Å². The minimum absolute atomic E-state index is 0.0845. The molecule has 0 radical (unpaired) electrons. The number of amides is 3. The molecule has 0 aliphatic rings. The van der Waals surface area contributed by atoms with Crippen molar-refractivity contribution in [2.75, 3.05) is 0 Å². The predicted molar refractivity (Wildman–Crippen MR) is 216 cm³/mol. The van der Waals surface area contributed by atoms with Gasteiger partial charge in [-0.05, 0) is 117 Å². The SMILES string of the molecule is CC(=O)c1ccc(C[C@H](NC(=O)c2csc3cc(OC(=O)c4ccc(N=C(NC(=O)OC(C)(C)C)NC(=O)OC(C)(C)C)cc4)ccc23)C(=O)OC(C)(C)C)cc1. The lowest BCUT2D eigenvalue weighted by molar-refractivity contribution is -0.157. The quantitative estimate of drug-likeness (QED) is 0.0373. The van der Waals surface area contributed by atoms with E-state index in [0.29, 0.717) is 21.2 Å². The molecule has 0 aliphatic heterocycles. The van der Waals surface area contributed by atoms with Crippen LogP contribution in [0.15, 0.2) is 77.1 Å². The van der Waals surface area contributed by atoms with E-state index in [0.717, 1.165) is 5.56 Å². The predicted octanol–water partition coefficient (Wildman–Crippen LogP) is 8.04. The minimum atomic E-state index is -1.01.